The zero-order chi connectivity index (χ0) is 23.3. The molecule has 0 saturated carbocycles. The fourth-order valence-corrected chi connectivity index (χ4v) is 3.47. The Morgan fingerprint density at radius 2 is 1.58 bits per heavy atom. The number of ether oxygens (including phenoxy) is 3. The number of methoxy groups -OCH3 is 1. The van der Waals surface area contributed by atoms with Crippen LogP contribution in [0.5, 0.6) is 11.5 Å². The van der Waals surface area contributed by atoms with Crippen LogP contribution in [0.15, 0.2) is 54.6 Å². The minimum absolute atomic E-state index is 0.00501. The van der Waals surface area contributed by atoms with Crippen LogP contribution >= 0.6 is 0 Å². The van der Waals surface area contributed by atoms with E-state index >= 15 is 0 Å². The zero-order valence-electron chi connectivity index (χ0n) is 19.2. The number of benzene rings is 2. The van der Waals surface area contributed by atoms with Crippen LogP contribution in [-0.4, -0.2) is 81.2 Å². The number of rotatable bonds is 12. The van der Waals surface area contributed by atoms with Gasteiger partial charge in [-0.15, -0.1) is 0 Å². The van der Waals surface area contributed by atoms with Crippen LogP contribution in [0.25, 0.3) is 0 Å². The van der Waals surface area contributed by atoms with E-state index in [2.05, 4.69) is 10.2 Å². The lowest BCUT2D eigenvalue weighted by atomic mass is 10.2. The molecule has 2 aromatic rings. The molecule has 0 radical (unpaired) electrons. The fraction of sp³-hybridized carbons (Fsp3) is 0.440. The Labute approximate surface area is 195 Å². The molecule has 3 rings (SSSR count). The summed E-state index contributed by atoms with van der Waals surface area (Å²) in [7, 11) is 1.65. The number of carbonyl (C=O) groups is 2. The molecule has 1 aliphatic heterocycles. The lowest BCUT2D eigenvalue weighted by Gasteiger charge is -2.34. The van der Waals surface area contributed by atoms with Gasteiger partial charge in [-0.2, -0.15) is 0 Å². The Balaban J connectivity index is 1.32. The first-order chi connectivity index (χ1) is 16.1. The molecule has 8 heteroatoms. The molecule has 0 unspecified atom stereocenters. The molecular weight excluding hydrogens is 422 g/mol. The molecular formula is C25H33N3O5. The molecule has 33 heavy (non-hydrogen) atoms. The number of amides is 2. The van der Waals surface area contributed by atoms with Gasteiger partial charge in [0, 0.05) is 46.4 Å². The summed E-state index contributed by atoms with van der Waals surface area (Å²) in [5.74, 6) is 1.32. The highest BCUT2D eigenvalue weighted by atomic mass is 16.5. The minimum Gasteiger partial charge on any atom is -0.489 e. The topological polar surface area (TPSA) is 80.3 Å². The first-order valence-corrected chi connectivity index (χ1v) is 11.3. The molecule has 2 amide bonds. The number of hydrogen-bond acceptors (Lipinski definition) is 6. The fourth-order valence-electron chi connectivity index (χ4n) is 3.47. The summed E-state index contributed by atoms with van der Waals surface area (Å²) in [5.41, 5.74) is 1.10. The molecule has 1 fully saturated rings. The van der Waals surface area contributed by atoms with E-state index in [9.17, 15) is 9.59 Å². The predicted molar refractivity (Wildman–Crippen MR) is 125 cm³/mol. The Morgan fingerprint density at radius 1 is 0.909 bits per heavy atom. The number of carbonyl (C=O) groups excluding carboxylic acids is 2. The SMILES string of the molecule is COCCCNC(=O)CN1CCN(C(=O)COc2ccc(OCc3ccccc3)cc2)CC1. The summed E-state index contributed by atoms with van der Waals surface area (Å²) in [4.78, 5) is 28.3. The quantitative estimate of drug-likeness (QED) is 0.493. The summed E-state index contributed by atoms with van der Waals surface area (Å²) in [6.45, 7) is 4.61. The first kappa shape index (κ1) is 24.5. The summed E-state index contributed by atoms with van der Waals surface area (Å²) < 4.78 is 16.4. The summed E-state index contributed by atoms with van der Waals surface area (Å²) >= 11 is 0. The van der Waals surface area contributed by atoms with Crippen molar-refractivity contribution in [2.45, 2.75) is 13.0 Å². The molecule has 0 bridgehead atoms. The van der Waals surface area contributed by atoms with E-state index in [1.54, 1.807) is 24.1 Å². The van der Waals surface area contributed by atoms with Crippen molar-refractivity contribution in [2.75, 3.05) is 59.6 Å². The Bertz CT molecular complexity index is 852. The molecule has 0 spiro atoms. The van der Waals surface area contributed by atoms with Gasteiger partial charge in [-0.05, 0) is 36.2 Å². The van der Waals surface area contributed by atoms with Gasteiger partial charge in [0.2, 0.25) is 5.91 Å². The van der Waals surface area contributed by atoms with E-state index in [0.717, 1.165) is 17.7 Å². The molecule has 2 aromatic carbocycles. The Morgan fingerprint density at radius 3 is 2.24 bits per heavy atom. The van der Waals surface area contributed by atoms with Gasteiger partial charge in [-0.3, -0.25) is 14.5 Å². The van der Waals surface area contributed by atoms with E-state index in [-0.39, 0.29) is 18.4 Å². The van der Waals surface area contributed by atoms with Crippen molar-refractivity contribution in [2.24, 2.45) is 0 Å². The number of hydrogen-bond donors (Lipinski definition) is 1. The third kappa shape index (κ3) is 8.75. The maximum absolute atomic E-state index is 12.5. The van der Waals surface area contributed by atoms with Crippen LogP contribution < -0.4 is 14.8 Å². The number of piperazine rings is 1. The summed E-state index contributed by atoms with van der Waals surface area (Å²) in [5, 5.41) is 2.89. The Hall–Kier alpha value is -3.10. The van der Waals surface area contributed by atoms with Crippen molar-refractivity contribution in [3.8, 4) is 11.5 Å². The maximum atomic E-state index is 12.5. The molecule has 1 N–H and O–H groups in total. The van der Waals surface area contributed by atoms with Gasteiger partial charge in [-0.25, -0.2) is 0 Å². The van der Waals surface area contributed by atoms with Crippen LogP contribution in [0.4, 0.5) is 0 Å². The van der Waals surface area contributed by atoms with Crippen LogP contribution in [0, 0.1) is 0 Å². The van der Waals surface area contributed by atoms with E-state index in [0.29, 0.717) is 58.2 Å². The molecule has 1 saturated heterocycles. The lowest BCUT2D eigenvalue weighted by Crippen LogP contribution is -2.52. The second kappa shape index (κ2) is 13.4. The van der Waals surface area contributed by atoms with Gasteiger partial charge in [0.1, 0.15) is 18.1 Å². The molecule has 0 atom stereocenters. The molecule has 0 aromatic heterocycles. The normalized spacial score (nSPS) is 14.0. The van der Waals surface area contributed by atoms with Crippen molar-refractivity contribution in [3.63, 3.8) is 0 Å². The van der Waals surface area contributed by atoms with Gasteiger partial charge in [-0.1, -0.05) is 30.3 Å². The second-order valence-corrected chi connectivity index (χ2v) is 7.89. The van der Waals surface area contributed by atoms with Gasteiger partial charge in [0.05, 0.1) is 6.54 Å². The predicted octanol–water partition coefficient (Wildman–Crippen LogP) is 1.94. The van der Waals surface area contributed by atoms with E-state index < -0.39 is 0 Å². The average molecular weight is 456 g/mol. The highest BCUT2D eigenvalue weighted by Crippen LogP contribution is 2.19. The zero-order valence-corrected chi connectivity index (χ0v) is 19.2. The highest BCUT2D eigenvalue weighted by Gasteiger charge is 2.22. The Kier molecular flexibility index (Phi) is 10.0. The van der Waals surface area contributed by atoms with E-state index in [1.807, 2.05) is 42.5 Å². The molecule has 8 nitrogen and oxygen atoms in total. The van der Waals surface area contributed by atoms with E-state index in [1.165, 1.54) is 0 Å². The molecule has 0 aliphatic carbocycles. The smallest absolute Gasteiger partial charge is 0.260 e. The van der Waals surface area contributed by atoms with Crippen molar-refractivity contribution in [3.05, 3.63) is 60.2 Å². The number of nitrogens with one attached hydrogen (secondary N) is 1. The largest absolute Gasteiger partial charge is 0.489 e. The third-order valence-corrected chi connectivity index (χ3v) is 5.37. The monoisotopic (exact) mass is 455 g/mol. The summed E-state index contributed by atoms with van der Waals surface area (Å²) in [6.07, 6.45) is 0.800. The van der Waals surface area contributed by atoms with Gasteiger partial charge < -0.3 is 24.4 Å². The van der Waals surface area contributed by atoms with Gasteiger partial charge >= 0.3 is 0 Å². The van der Waals surface area contributed by atoms with Crippen LogP contribution in [0.3, 0.4) is 0 Å². The van der Waals surface area contributed by atoms with Crippen LogP contribution in [0.2, 0.25) is 0 Å². The second-order valence-electron chi connectivity index (χ2n) is 7.89. The first-order valence-electron chi connectivity index (χ1n) is 11.3. The molecule has 1 heterocycles. The van der Waals surface area contributed by atoms with Crippen molar-refractivity contribution < 1.29 is 23.8 Å². The lowest BCUT2D eigenvalue weighted by molar-refractivity contribution is -0.135. The summed E-state index contributed by atoms with van der Waals surface area (Å²) in [6, 6.07) is 17.2. The van der Waals surface area contributed by atoms with Gasteiger partial charge in [0.25, 0.3) is 5.91 Å². The molecule has 1 aliphatic rings. The average Bonchev–Trinajstić information content (AvgIpc) is 2.85. The highest BCUT2D eigenvalue weighted by molar-refractivity contribution is 5.79. The van der Waals surface area contributed by atoms with Gasteiger partial charge in [0.15, 0.2) is 6.61 Å². The van der Waals surface area contributed by atoms with Crippen LogP contribution in [0.1, 0.15) is 12.0 Å². The molecule has 178 valence electrons. The van der Waals surface area contributed by atoms with Crippen molar-refractivity contribution in [1.82, 2.24) is 15.1 Å². The number of nitrogens with zero attached hydrogens (tertiary/aromatic N) is 2. The van der Waals surface area contributed by atoms with E-state index in [4.69, 9.17) is 14.2 Å². The van der Waals surface area contributed by atoms with Crippen molar-refractivity contribution >= 4 is 11.8 Å². The van der Waals surface area contributed by atoms with Crippen LogP contribution in [-0.2, 0) is 20.9 Å². The maximum Gasteiger partial charge on any atom is 0.260 e. The third-order valence-electron chi connectivity index (χ3n) is 5.37. The minimum atomic E-state index is -0.0527. The van der Waals surface area contributed by atoms with Crippen molar-refractivity contribution in [1.29, 1.82) is 0 Å². The standard InChI is InChI=1S/C25H33N3O5/c1-31-17-5-12-26-24(29)18-27-13-15-28(16-14-27)25(30)20-33-23-10-8-22(9-11-23)32-19-21-6-3-2-4-7-21/h2-4,6-11H,5,12-20H2,1H3,(H,26,29).